The summed E-state index contributed by atoms with van der Waals surface area (Å²) in [7, 11) is -4.01. The molecule has 59 heavy (non-hydrogen) atoms. The average Bonchev–Trinajstić information content (AvgIpc) is 4.01. The van der Waals surface area contributed by atoms with Crippen LogP contribution >= 0.6 is 11.6 Å². The third-order valence-electron chi connectivity index (χ3n) is 11.5. The highest BCUT2D eigenvalue weighted by Gasteiger charge is 2.63. The molecular weight excluding hydrogens is 798 g/mol. The van der Waals surface area contributed by atoms with Crippen molar-refractivity contribution in [2.24, 2.45) is 17.8 Å². The number of ether oxygens (including phenoxy) is 3. The van der Waals surface area contributed by atoms with Crippen molar-refractivity contribution < 1.29 is 41.8 Å². The molecule has 0 spiro atoms. The van der Waals surface area contributed by atoms with Gasteiger partial charge in [-0.2, -0.15) is 0 Å². The van der Waals surface area contributed by atoms with Crippen molar-refractivity contribution in [1.29, 1.82) is 0 Å². The SMILES string of the molecule is CC(C)Oc1ccc(-c2cc(Cl)cc(O[C@@H]3C[C@H]4C(=O)N[C@]5(C(=O)NS(=O)(=O)C6(C)CC6)C[C@H]5/C=C\CC[C@H](C)C[C@@H](C)[C@H](NC(=O)OC(C)(C)C)C(=O)N4C3)n2)cc1. The molecule has 2 aromatic rings. The molecule has 7 atom stereocenters. The molecule has 6 rings (SSSR count). The van der Waals surface area contributed by atoms with E-state index in [9.17, 15) is 27.6 Å². The second-order valence-electron chi connectivity index (χ2n) is 18.3. The zero-order chi connectivity index (χ0) is 43.1. The van der Waals surface area contributed by atoms with Crippen LogP contribution in [0.3, 0.4) is 0 Å². The highest BCUT2D eigenvalue weighted by molar-refractivity contribution is 7.91. The number of allylic oxidation sites excluding steroid dienone is 1. The normalized spacial score (nSPS) is 28.8. The quantitative estimate of drug-likeness (QED) is 0.242. The largest absolute Gasteiger partial charge is 0.491 e. The van der Waals surface area contributed by atoms with Crippen LogP contribution in [0.2, 0.25) is 5.02 Å². The van der Waals surface area contributed by atoms with E-state index in [4.69, 9.17) is 30.8 Å². The number of benzene rings is 1. The lowest BCUT2D eigenvalue weighted by molar-refractivity contribution is -0.142. The number of hydrogen-bond acceptors (Lipinski definition) is 10. The van der Waals surface area contributed by atoms with E-state index in [1.54, 1.807) is 39.8 Å². The Hall–Kier alpha value is -4.37. The highest BCUT2D eigenvalue weighted by Crippen LogP contribution is 2.47. The minimum absolute atomic E-state index is 0.000847. The topological polar surface area (TPSA) is 182 Å². The molecule has 16 heteroatoms. The Kier molecular flexibility index (Phi) is 12.7. The van der Waals surface area contributed by atoms with Crippen LogP contribution in [0.4, 0.5) is 4.79 Å². The Bertz CT molecular complexity index is 2070. The van der Waals surface area contributed by atoms with E-state index in [0.717, 1.165) is 12.0 Å². The predicted octanol–water partition coefficient (Wildman–Crippen LogP) is 6.32. The van der Waals surface area contributed by atoms with Crippen molar-refractivity contribution in [1.82, 2.24) is 25.2 Å². The molecule has 2 saturated carbocycles. The number of alkyl carbamates (subject to hydrolysis) is 1. The number of hydrogen-bond donors (Lipinski definition) is 3. The van der Waals surface area contributed by atoms with E-state index in [1.165, 1.54) is 4.90 Å². The smallest absolute Gasteiger partial charge is 0.408 e. The molecule has 3 fully saturated rings. The maximum atomic E-state index is 14.8. The first-order chi connectivity index (χ1) is 27.6. The number of rotatable bonds is 9. The van der Waals surface area contributed by atoms with Gasteiger partial charge in [-0.15, -0.1) is 0 Å². The zero-order valence-corrected chi connectivity index (χ0v) is 36.7. The van der Waals surface area contributed by atoms with Gasteiger partial charge in [0, 0.05) is 29.0 Å². The second kappa shape index (κ2) is 16.9. The van der Waals surface area contributed by atoms with Gasteiger partial charge in [-0.25, -0.2) is 18.2 Å². The standard InChI is InChI=1S/C43H58ClN5O9S/c1-25(2)56-31-15-13-28(14-16-31)33-20-30(44)21-35(45-33)57-32-22-34-37(50)47-43(39(52)48-59(54,55)42(8)17-18-42)23-29(43)12-10-9-11-26(3)19-27(4)36(38(51)49(34)24-32)46-40(53)58-41(5,6)7/h10,12-16,20-21,25-27,29,32,34,36H,9,11,17-19,22-24H2,1-8H3,(H,46,53)(H,47,50)(H,48,52)/b12-10-/t26-,27+,29+,32+,34-,36-,43+/m0/s1. The van der Waals surface area contributed by atoms with Crippen molar-refractivity contribution in [2.45, 2.75) is 141 Å². The zero-order valence-electron chi connectivity index (χ0n) is 35.2. The van der Waals surface area contributed by atoms with Gasteiger partial charge in [0.2, 0.25) is 27.7 Å². The maximum absolute atomic E-state index is 14.8. The molecular formula is C43H58ClN5O9S. The summed E-state index contributed by atoms with van der Waals surface area (Å²) < 4.78 is 45.4. The van der Waals surface area contributed by atoms with E-state index in [2.05, 4.69) is 22.3 Å². The predicted molar refractivity (Wildman–Crippen MR) is 223 cm³/mol. The molecule has 3 heterocycles. The van der Waals surface area contributed by atoms with Gasteiger partial charge in [0.15, 0.2) is 0 Å². The minimum atomic E-state index is -4.01. The Balaban J connectivity index is 1.32. The molecule has 1 aromatic heterocycles. The summed E-state index contributed by atoms with van der Waals surface area (Å²) in [6.45, 7) is 14.5. The summed E-state index contributed by atoms with van der Waals surface area (Å²) >= 11 is 6.58. The summed E-state index contributed by atoms with van der Waals surface area (Å²) in [4.78, 5) is 62.7. The Labute approximate surface area is 352 Å². The van der Waals surface area contributed by atoms with Crippen molar-refractivity contribution in [3.05, 3.63) is 53.6 Å². The lowest BCUT2D eigenvalue weighted by Gasteiger charge is -2.33. The van der Waals surface area contributed by atoms with E-state index < -0.39 is 73.8 Å². The molecule has 1 saturated heterocycles. The first kappa shape index (κ1) is 44.2. The van der Waals surface area contributed by atoms with Crippen molar-refractivity contribution >= 4 is 45.4 Å². The minimum Gasteiger partial charge on any atom is -0.491 e. The van der Waals surface area contributed by atoms with Crippen molar-refractivity contribution in [3.63, 3.8) is 0 Å². The van der Waals surface area contributed by atoms with Crippen LogP contribution < -0.4 is 24.8 Å². The number of carbonyl (C=O) groups excluding carboxylic acids is 4. The molecule has 1 aromatic carbocycles. The molecule has 2 aliphatic heterocycles. The van der Waals surface area contributed by atoms with Gasteiger partial charge in [-0.1, -0.05) is 37.6 Å². The number of nitrogens with one attached hydrogen (secondary N) is 3. The molecule has 4 aliphatic rings. The van der Waals surface area contributed by atoms with Gasteiger partial charge in [0.05, 0.1) is 23.1 Å². The molecule has 0 radical (unpaired) electrons. The van der Waals surface area contributed by atoms with Crippen LogP contribution in [0.5, 0.6) is 11.6 Å². The number of aromatic nitrogens is 1. The number of pyridine rings is 1. The Morgan fingerprint density at radius 3 is 2.41 bits per heavy atom. The van der Waals surface area contributed by atoms with E-state index in [1.807, 2.05) is 57.2 Å². The van der Waals surface area contributed by atoms with Crippen molar-refractivity contribution in [2.75, 3.05) is 6.54 Å². The van der Waals surface area contributed by atoms with Crippen molar-refractivity contribution in [3.8, 4) is 22.9 Å². The van der Waals surface area contributed by atoms with Gasteiger partial charge in [0.25, 0.3) is 5.91 Å². The van der Waals surface area contributed by atoms with Crippen LogP contribution in [-0.4, -0.2) is 88.8 Å². The number of amides is 4. The van der Waals surface area contributed by atoms with Crippen LogP contribution in [-0.2, 0) is 29.1 Å². The first-order valence-electron chi connectivity index (χ1n) is 20.5. The van der Waals surface area contributed by atoms with E-state index in [0.29, 0.717) is 42.1 Å². The molecule has 0 unspecified atom stereocenters. The van der Waals surface area contributed by atoms with Crippen LogP contribution in [0, 0.1) is 17.8 Å². The van der Waals surface area contributed by atoms with Gasteiger partial charge in [-0.3, -0.25) is 19.1 Å². The van der Waals surface area contributed by atoms with Gasteiger partial charge in [0.1, 0.15) is 35.1 Å². The number of carbonyl (C=O) groups is 4. The summed E-state index contributed by atoms with van der Waals surface area (Å²) in [6.07, 6.45) is 5.33. The summed E-state index contributed by atoms with van der Waals surface area (Å²) in [5.41, 5.74) is -1.09. The van der Waals surface area contributed by atoms with Crippen LogP contribution in [0.25, 0.3) is 11.3 Å². The number of nitrogens with zero attached hydrogens (tertiary/aromatic N) is 2. The molecule has 4 amide bonds. The molecule has 3 N–H and O–H groups in total. The number of sulfonamides is 1. The fourth-order valence-corrected chi connectivity index (χ4v) is 9.37. The Morgan fingerprint density at radius 1 is 1.07 bits per heavy atom. The monoisotopic (exact) mass is 855 g/mol. The van der Waals surface area contributed by atoms with E-state index >= 15 is 0 Å². The third-order valence-corrected chi connectivity index (χ3v) is 13.9. The van der Waals surface area contributed by atoms with Crippen LogP contribution in [0.15, 0.2) is 48.6 Å². The van der Waals surface area contributed by atoms with Crippen LogP contribution in [0.1, 0.15) is 100 Å². The third kappa shape index (κ3) is 10.5. The molecule has 322 valence electrons. The highest BCUT2D eigenvalue weighted by atomic mass is 35.5. The lowest BCUT2D eigenvalue weighted by atomic mass is 9.88. The second-order valence-corrected chi connectivity index (χ2v) is 20.9. The van der Waals surface area contributed by atoms with Gasteiger partial charge < -0.3 is 29.7 Å². The lowest BCUT2D eigenvalue weighted by Crippen LogP contribution is -2.59. The molecule has 2 aliphatic carbocycles. The number of halogens is 1. The maximum Gasteiger partial charge on any atom is 0.408 e. The first-order valence-corrected chi connectivity index (χ1v) is 22.4. The summed E-state index contributed by atoms with van der Waals surface area (Å²) in [6, 6.07) is 8.41. The van der Waals surface area contributed by atoms with Gasteiger partial charge >= 0.3 is 6.09 Å². The molecule has 0 bridgehead atoms. The number of fused-ring (bicyclic) bond motifs is 2. The van der Waals surface area contributed by atoms with E-state index in [-0.39, 0.29) is 43.2 Å². The fourth-order valence-electron chi connectivity index (χ4n) is 7.86. The van der Waals surface area contributed by atoms with Gasteiger partial charge in [-0.05, 0) is 122 Å². The summed E-state index contributed by atoms with van der Waals surface area (Å²) in [5, 5.41) is 6.06. The Morgan fingerprint density at radius 2 is 1.76 bits per heavy atom. The molecule has 14 nitrogen and oxygen atoms in total. The average molecular weight is 856 g/mol. The fraction of sp³-hybridized carbons (Fsp3) is 0.605. The summed E-state index contributed by atoms with van der Waals surface area (Å²) in [5.74, 6) is -1.80.